The summed E-state index contributed by atoms with van der Waals surface area (Å²) in [7, 11) is 1.95. The fraction of sp³-hybridized carbons (Fsp3) is 0.333. The van der Waals surface area contributed by atoms with Crippen molar-refractivity contribution in [1.29, 1.82) is 0 Å². The summed E-state index contributed by atoms with van der Waals surface area (Å²) in [6.45, 7) is 0.523. The number of hydrogen-bond acceptors (Lipinski definition) is 4. The molecule has 5 heteroatoms. The van der Waals surface area contributed by atoms with Crippen LogP contribution in [0.3, 0.4) is 0 Å². The third kappa shape index (κ3) is 3.87. The summed E-state index contributed by atoms with van der Waals surface area (Å²) in [4.78, 5) is 18.5. The monoisotopic (exact) mass is 310 g/mol. The van der Waals surface area contributed by atoms with E-state index in [0.717, 1.165) is 11.5 Å². The molecule has 1 unspecified atom stereocenters. The number of anilines is 2. The molecule has 1 aliphatic rings. The fourth-order valence-corrected chi connectivity index (χ4v) is 2.51. The van der Waals surface area contributed by atoms with Crippen molar-refractivity contribution < 1.29 is 4.79 Å². The zero-order chi connectivity index (χ0) is 16.2. The molecule has 1 aliphatic carbocycles. The van der Waals surface area contributed by atoms with E-state index in [-0.39, 0.29) is 11.9 Å². The van der Waals surface area contributed by atoms with Gasteiger partial charge in [0.15, 0.2) is 0 Å². The van der Waals surface area contributed by atoms with Gasteiger partial charge in [0.25, 0.3) is 5.91 Å². The van der Waals surface area contributed by atoms with Crippen LogP contribution in [0.25, 0.3) is 0 Å². The summed E-state index contributed by atoms with van der Waals surface area (Å²) < 4.78 is 0. The van der Waals surface area contributed by atoms with Crippen molar-refractivity contribution in [3.05, 3.63) is 54.2 Å². The number of nitrogens with zero attached hydrogens (tertiary/aromatic N) is 2. The molecule has 1 heterocycles. The molecule has 0 saturated heterocycles. The Labute approximate surface area is 136 Å². The van der Waals surface area contributed by atoms with Gasteiger partial charge in [0.2, 0.25) is 0 Å². The molecule has 0 radical (unpaired) electrons. The summed E-state index contributed by atoms with van der Waals surface area (Å²) in [5.74, 6) is 1.25. The number of aromatic nitrogens is 1. The number of nitrogens with two attached hydrogens (primary N) is 1. The van der Waals surface area contributed by atoms with E-state index in [1.807, 2.05) is 48.3 Å². The van der Waals surface area contributed by atoms with Crippen LogP contribution in [0.15, 0.2) is 48.7 Å². The van der Waals surface area contributed by atoms with Gasteiger partial charge in [-0.3, -0.25) is 4.79 Å². The molecule has 1 amide bonds. The molecule has 2 aromatic rings. The van der Waals surface area contributed by atoms with Gasteiger partial charge in [-0.15, -0.1) is 0 Å². The fourth-order valence-electron chi connectivity index (χ4n) is 2.51. The molecular weight excluding hydrogens is 288 g/mol. The van der Waals surface area contributed by atoms with Crippen molar-refractivity contribution in [3.8, 4) is 0 Å². The first-order chi connectivity index (χ1) is 11.1. The largest absolute Gasteiger partial charge is 0.350 e. The number of rotatable bonds is 6. The predicted octanol–water partition coefficient (Wildman–Crippen LogP) is 2.32. The Morgan fingerprint density at radius 2 is 2.04 bits per heavy atom. The van der Waals surface area contributed by atoms with E-state index in [9.17, 15) is 4.79 Å². The van der Waals surface area contributed by atoms with E-state index in [1.165, 1.54) is 12.8 Å². The first-order valence-electron chi connectivity index (χ1n) is 7.94. The summed E-state index contributed by atoms with van der Waals surface area (Å²) in [5, 5.41) is 2.88. The Balaban J connectivity index is 1.61. The lowest BCUT2D eigenvalue weighted by Gasteiger charge is -2.18. The summed E-state index contributed by atoms with van der Waals surface area (Å²) in [6.07, 6.45) is 3.96. The van der Waals surface area contributed by atoms with Gasteiger partial charge in [0.1, 0.15) is 5.82 Å². The van der Waals surface area contributed by atoms with Gasteiger partial charge in [-0.2, -0.15) is 0 Å². The van der Waals surface area contributed by atoms with Crippen LogP contribution in [0, 0.1) is 5.92 Å². The lowest BCUT2D eigenvalue weighted by Crippen LogP contribution is -2.38. The maximum Gasteiger partial charge on any atom is 0.252 e. The quantitative estimate of drug-likeness (QED) is 0.859. The number of hydrogen-bond donors (Lipinski definition) is 2. The smallest absolute Gasteiger partial charge is 0.252 e. The van der Waals surface area contributed by atoms with Crippen LogP contribution < -0.4 is 16.0 Å². The van der Waals surface area contributed by atoms with Crippen molar-refractivity contribution >= 4 is 17.4 Å². The second-order valence-electron chi connectivity index (χ2n) is 6.01. The Bertz CT molecular complexity index is 652. The van der Waals surface area contributed by atoms with Crippen LogP contribution in [-0.2, 0) is 0 Å². The molecule has 120 valence electrons. The highest BCUT2D eigenvalue weighted by Crippen LogP contribution is 2.31. The number of para-hydroxylation sites is 1. The maximum absolute atomic E-state index is 12.1. The van der Waals surface area contributed by atoms with Crippen molar-refractivity contribution in [2.75, 3.05) is 18.5 Å². The van der Waals surface area contributed by atoms with Gasteiger partial charge in [0, 0.05) is 31.5 Å². The Hall–Kier alpha value is -2.40. The lowest BCUT2D eigenvalue weighted by molar-refractivity contribution is 0.0950. The van der Waals surface area contributed by atoms with Crippen LogP contribution in [0.2, 0.25) is 0 Å². The number of carbonyl (C=O) groups is 1. The van der Waals surface area contributed by atoms with Gasteiger partial charge < -0.3 is 16.0 Å². The normalized spacial score (nSPS) is 15.0. The highest BCUT2D eigenvalue weighted by atomic mass is 16.1. The summed E-state index contributed by atoms with van der Waals surface area (Å²) in [6, 6.07) is 13.7. The molecule has 0 bridgehead atoms. The third-order valence-corrected chi connectivity index (χ3v) is 4.22. The molecule has 1 fully saturated rings. The lowest BCUT2D eigenvalue weighted by atomic mass is 10.2. The third-order valence-electron chi connectivity index (χ3n) is 4.22. The van der Waals surface area contributed by atoms with Crippen LogP contribution in [0.1, 0.15) is 23.2 Å². The van der Waals surface area contributed by atoms with E-state index in [1.54, 1.807) is 12.3 Å². The minimum absolute atomic E-state index is 0.0652. The minimum Gasteiger partial charge on any atom is -0.350 e. The molecule has 3 rings (SSSR count). The van der Waals surface area contributed by atoms with E-state index in [4.69, 9.17) is 5.73 Å². The first kappa shape index (κ1) is 15.5. The molecule has 23 heavy (non-hydrogen) atoms. The highest BCUT2D eigenvalue weighted by molar-refractivity contribution is 5.94. The maximum atomic E-state index is 12.1. The van der Waals surface area contributed by atoms with E-state index in [2.05, 4.69) is 10.3 Å². The topological polar surface area (TPSA) is 71.2 Å². The highest BCUT2D eigenvalue weighted by Gasteiger charge is 2.28. The van der Waals surface area contributed by atoms with Crippen LogP contribution in [0.4, 0.5) is 11.5 Å². The molecule has 5 nitrogen and oxygen atoms in total. The number of amides is 1. The van der Waals surface area contributed by atoms with Crippen molar-refractivity contribution in [3.63, 3.8) is 0 Å². The number of carbonyl (C=O) groups excluding carboxylic acids is 1. The SMILES string of the molecule is CN(c1ccccc1)c1ccc(C(=O)NCC(N)C2CC2)cn1. The van der Waals surface area contributed by atoms with Gasteiger partial charge in [-0.05, 0) is 43.0 Å². The molecule has 1 atom stereocenters. The second-order valence-corrected chi connectivity index (χ2v) is 6.01. The summed E-state index contributed by atoms with van der Waals surface area (Å²) in [5.41, 5.74) is 7.60. The molecule has 0 aliphatic heterocycles. The Kier molecular flexibility index (Phi) is 4.57. The Morgan fingerprint density at radius 3 is 2.65 bits per heavy atom. The molecule has 1 aromatic carbocycles. The average molecular weight is 310 g/mol. The molecular formula is C18H22N4O. The zero-order valence-electron chi connectivity index (χ0n) is 13.3. The van der Waals surface area contributed by atoms with Crippen LogP contribution in [-0.4, -0.2) is 30.5 Å². The number of nitrogens with one attached hydrogen (secondary N) is 1. The average Bonchev–Trinajstić information content (AvgIpc) is 3.45. The van der Waals surface area contributed by atoms with Gasteiger partial charge in [-0.1, -0.05) is 18.2 Å². The van der Waals surface area contributed by atoms with Crippen LogP contribution >= 0.6 is 0 Å². The van der Waals surface area contributed by atoms with Crippen molar-refractivity contribution in [1.82, 2.24) is 10.3 Å². The Morgan fingerprint density at radius 1 is 1.30 bits per heavy atom. The number of benzene rings is 1. The zero-order valence-corrected chi connectivity index (χ0v) is 13.3. The van der Waals surface area contributed by atoms with E-state index >= 15 is 0 Å². The standard InChI is InChI=1S/C18H22N4O/c1-22(15-5-3-2-4-6-15)17-10-9-14(11-20-17)18(23)21-12-16(19)13-7-8-13/h2-6,9-11,13,16H,7-8,12,19H2,1H3,(H,21,23). The van der Waals surface area contributed by atoms with E-state index < -0.39 is 0 Å². The summed E-state index contributed by atoms with van der Waals surface area (Å²) >= 11 is 0. The van der Waals surface area contributed by atoms with Crippen molar-refractivity contribution in [2.45, 2.75) is 18.9 Å². The predicted molar refractivity (Wildman–Crippen MR) is 91.8 cm³/mol. The van der Waals surface area contributed by atoms with Crippen molar-refractivity contribution in [2.24, 2.45) is 11.7 Å². The van der Waals surface area contributed by atoms with E-state index in [0.29, 0.717) is 18.0 Å². The first-order valence-corrected chi connectivity index (χ1v) is 7.94. The number of pyridine rings is 1. The molecule has 0 spiro atoms. The second kappa shape index (κ2) is 6.79. The van der Waals surface area contributed by atoms with Crippen LogP contribution in [0.5, 0.6) is 0 Å². The minimum atomic E-state index is -0.123. The molecule has 1 aromatic heterocycles. The van der Waals surface area contributed by atoms with Gasteiger partial charge in [0.05, 0.1) is 5.56 Å². The molecule has 3 N–H and O–H groups in total. The van der Waals surface area contributed by atoms with Gasteiger partial charge >= 0.3 is 0 Å². The molecule has 1 saturated carbocycles. The van der Waals surface area contributed by atoms with Gasteiger partial charge in [-0.25, -0.2) is 4.98 Å².